The highest BCUT2D eigenvalue weighted by molar-refractivity contribution is 6.00. The highest BCUT2D eigenvalue weighted by atomic mass is 16.6. The van der Waals surface area contributed by atoms with Crippen molar-refractivity contribution in [2.45, 2.75) is 57.8 Å². The largest absolute Gasteiger partial charge is 0.403 e. The van der Waals surface area contributed by atoms with E-state index in [2.05, 4.69) is 20.1 Å². The van der Waals surface area contributed by atoms with E-state index in [-0.39, 0.29) is 11.7 Å². The Balaban J connectivity index is 1.43. The fraction of sp³-hybridized carbons (Fsp3) is 0.435. The smallest absolute Gasteiger partial charge is 0.337 e. The van der Waals surface area contributed by atoms with Gasteiger partial charge >= 0.3 is 11.6 Å². The molecule has 0 unspecified atom stereocenters. The molecule has 0 bridgehead atoms. The van der Waals surface area contributed by atoms with Gasteiger partial charge in [0.1, 0.15) is 11.1 Å². The molecule has 1 fully saturated rings. The van der Waals surface area contributed by atoms with Crippen LogP contribution in [0.2, 0.25) is 0 Å². The number of aryl methyl sites for hydroxylation is 2. The fourth-order valence-electron chi connectivity index (χ4n) is 4.68. The molecule has 0 amide bonds. The van der Waals surface area contributed by atoms with Crippen molar-refractivity contribution >= 4 is 16.8 Å². The standard InChI is InChI=1S/C23H24N4O4/c28-18-13-16(11-10-14-5-1-2-6-14)19-21(29)25-23(26-22(19)30-18)31-27-17-9-3-7-15-8-4-12-24-20(15)17/h4,8,12-14H,1-3,5-7,9-11H2,(H,25,26,29)/b27-17+. The van der Waals surface area contributed by atoms with Crippen LogP contribution in [0.3, 0.4) is 0 Å². The van der Waals surface area contributed by atoms with E-state index in [1.807, 2.05) is 12.1 Å². The molecule has 160 valence electrons. The van der Waals surface area contributed by atoms with Crippen LogP contribution >= 0.6 is 0 Å². The third-order valence-electron chi connectivity index (χ3n) is 6.24. The van der Waals surface area contributed by atoms with Crippen LogP contribution in [0.1, 0.15) is 61.8 Å². The molecule has 2 aliphatic carbocycles. The van der Waals surface area contributed by atoms with E-state index in [4.69, 9.17) is 9.25 Å². The molecule has 1 saturated carbocycles. The Labute approximate surface area is 178 Å². The molecule has 0 spiro atoms. The van der Waals surface area contributed by atoms with Crippen molar-refractivity contribution in [3.05, 3.63) is 62.0 Å². The quantitative estimate of drug-likeness (QED) is 0.633. The minimum atomic E-state index is -0.519. The van der Waals surface area contributed by atoms with E-state index in [1.165, 1.54) is 31.7 Å². The number of nitrogens with one attached hydrogen (secondary N) is 1. The summed E-state index contributed by atoms with van der Waals surface area (Å²) in [7, 11) is 0. The van der Waals surface area contributed by atoms with Crippen molar-refractivity contribution in [2.75, 3.05) is 0 Å². The third kappa shape index (κ3) is 4.15. The molecule has 5 rings (SSSR count). The average Bonchev–Trinajstić information content (AvgIpc) is 3.29. The van der Waals surface area contributed by atoms with Gasteiger partial charge in [-0.05, 0) is 55.2 Å². The molecule has 1 N–H and O–H groups in total. The first kappa shape index (κ1) is 19.7. The molecule has 0 aromatic carbocycles. The average molecular weight is 420 g/mol. The minimum Gasteiger partial charge on any atom is -0.403 e. The van der Waals surface area contributed by atoms with Gasteiger partial charge in [0.2, 0.25) is 5.71 Å². The summed E-state index contributed by atoms with van der Waals surface area (Å²) in [6.07, 6.45) is 10.9. The number of oxime groups is 1. The van der Waals surface area contributed by atoms with Crippen LogP contribution in [0.15, 0.2) is 43.6 Å². The number of H-pyrrole nitrogens is 1. The topological polar surface area (TPSA) is 110 Å². The van der Waals surface area contributed by atoms with Crippen LogP contribution in [0.25, 0.3) is 11.1 Å². The minimum absolute atomic E-state index is 0.0185. The zero-order valence-corrected chi connectivity index (χ0v) is 17.2. The third-order valence-corrected chi connectivity index (χ3v) is 6.24. The van der Waals surface area contributed by atoms with Crippen LogP contribution < -0.4 is 16.0 Å². The van der Waals surface area contributed by atoms with Crippen LogP contribution in [-0.2, 0) is 12.8 Å². The highest BCUT2D eigenvalue weighted by Gasteiger charge is 2.19. The summed E-state index contributed by atoms with van der Waals surface area (Å²) in [5.41, 5.74) is 2.37. The van der Waals surface area contributed by atoms with Crippen molar-refractivity contribution in [1.82, 2.24) is 15.0 Å². The van der Waals surface area contributed by atoms with Gasteiger partial charge < -0.3 is 9.25 Å². The van der Waals surface area contributed by atoms with Gasteiger partial charge in [-0.25, -0.2) is 4.79 Å². The predicted molar refractivity (Wildman–Crippen MR) is 116 cm³/mol. The van der Waals surface area contributed by atoms with Gasteiger partial charge in [-0.1, -0.05) is 36.9 Å². The van der Waals surface area contributed by atoms with Crippen molar-refractivity contribution in [2.24, 2.45) is 11.1 Å². The molecule has 8 heteroatoms. The van der Waals surface area contributed by atoms with Crippen molar-refractivity contribution in [3.63, 3.8) is 0 Å². The predicted octanol–water partition coefficient (Wildman–Crippen LogP) is 3.51. The molecule has 0 aliphatic heterocycles. The number of nitrogens with zero attached hydrogens (tertiary/aromatic N) is 3. The number of hydrogen-bond acceptors (Lipinski definition) is 7. The van der Waals surface area contributed by atoms with Crippen LogP contribution in [0.5, 0.6) is 6.01 Å². The molecule has 31 heavy (non-hydrogen) atoms. The first-order chi connectivity index (χ1) is 15.2. The summed E-state index contributed by atoms with van der Waals surface area (Å²) in [6, 6.07) is 5.22. The first-order valence-electron chi connectivity index (χ1n) is 10.9. The fourth-order valence-corrected chi connectivity index (χ4v) is 4.68. The second kappa shape index (κ2) is 8.45. The molecule has 0 saturated heterocycles. The normalized spacial score (nSPS) is 17.9. The lowest BCUT2D eigenvalue weighted by atomic mass is 9.95. The SMILES string of the molecule is O=c1cc(CCC2CCCC2)c2c(=O)[nH]c(O/N=C3\CCCc4cccnc43)nc2o1. The van der Waals surface area contributed by atoms with Gasteiger partial charge in [-0.2, -0.15) is 4.98 Å². The summed E-state index contributed by atoms with van der Waals surface area (Å²) < 4.78 is 5.22. The molecular weight excluding hydrogens is 396 g/mol. The van der Waals surface area contributed by atoms with Crippen molar-refractivity contribution < 1.29 is 9.25 Å². The lowest BCUT2D eigenvalue weighted by Gasteiger charge is -2.15. The van der Waals surface area contributed by atoms with Gasteiger partial charge in [0.05, 0.1) is 5.69 Å². The summed E-state index contributed by atoms with van der Waals surface area (Å²) in [5.74, 6) is 0.653. The Hall–Kier alpha value is -3.29. The molecule has 8 nitrogen and oxygen atoms in total. The van der Waals surface area contributed by atoms with E-state index in [9.17, 15) is 9.59 Å². The zero-order chi connectivity index (χ0) is 21.2. The summed E-state index contributed by atoms with van der Waals surface area (Å²) in [6.45, 7) is 0. The maximum absolute atomic E-state index is 12.8. The van der Waals surface area contributed by atoms with Crippen LogP contribution in [0.4, 0.5) is 0 Å². The van der Waals surface area contributed by atoms with E-state index >= 15 is 0 Å². The number of aromatic nitrogens is 3. The first-order valence-corrected chi connectivity index (χ1v) is 10.9. The second-order valence-corrected chi connectivity index (χ2v) is 8.33. The Morgan fingerprint density at radius 1 is 1.19 bits per heavy atom. The lowest BCUT2D eigenvalue weighted by molar-refractivity contribution is 0.309. The zero-order valence-electron chi connectivity index (χ0n) is 17.2. The Morgan fingerprint density at radius 3 is 2.94 bits per heavy atom. The number of aromatic amines is 1. The van der Waals surface area contributed by atoms with Gasteiger partial charge in [0.15, 0.2) is 0 Å². The Bertz CT molecular complexity index is 1250. The second-order valence-electron chi connectivity index (χ2n) is 8.33. The van der Waals surface area contributed by atoms with E-state index in [1.54, 1.807) is 6.20 Å². The van der Waals surface area contributed by atoms with E-state index < -0.39 is 11.2 Å². The highest BCUT2D eigenvalue weighted by Crippen LogP contribution is 2.29. The molecule has 3 aromatic heterocycles. The number of pyridine rings is 1. The number of hydrogen-bond donors (Lipinski definition) is 1. The summed E-state index contributed by atoms with van der Waals surface area (Å²) in [5, 5.41) is 4.49. The van der Waals surface area contributed by atoms with Crippen LogP contribution in [-0.4, -0.2) is 20.7 Å². The van der Waals surface area contributed by atoms with E-state index in [0.29, 0.717) is 29.0 Å². The maximum Gasteiger partial charge on any atom is 0.337 e. The Morgan fingerprint density at radius 2 is 2.06 bits per heavy atom. The van der Waals surface area contributed by atoms with Crippen LogP contribution in [0, 0.1) is 5.92 Å². The summed E-state index contributed by atoms with van der Waals surface area (Å²) >= 11 is 0. The lowest BCUT2D eigenvalue weighted by Crippen LogP contribution is -2.17. The molecule has 0 radical (unpaired) electrons. The van der Waals surface area contributed by atoms with Gasteiger partial charge in [-0.15, -0.1) is 0 Å². The molecule has 0 atom stereocenters. The monoisotopic (exact) mass is 420 g/mol. The number of rotatable bonds is 5. The van der Waals surface area contributed by atoms with Crippen molar-refractivity contribution in [1.29, 1.82) is 0 Å². The molecule has 3 heterocycles. The van der Waals surface area contributed by atoms with E-state index in [0.717, 1.165) is 36.9 Å². The van der Waals surface area contributed by atoms with Gasteiger partial charge in [0, 0.05) is 12.3 Å². The Kier molecular flexibility index (Phi) is 5.36. The molecular formula is C23H24N4O4. The maximum atomic E-state index is 12.8. The molecule has 2 aliphatic rings. The number of fused-ring (bicyclic) bond motifs is 2. The summed E-state index contributed by atoms with van der Waals surface area (Å²) in [4.78, 5) is 41.5. The van der Waals surface area contributed by atoms with Crippen molar-refractivity contribution in [3.8, 4) is 6.01 Å². The molecule has 3 aromatic rings. The van der Waals surface area contributed by atoms with Gasteiger partial charge in [0.25, 0.3) is 5.56 Å². The van der Waals surface area contributed by atoms with Gasteiger partial charge in [-0.3, -0.25) is 14.8 Å².